The van der Waals surface area contributed by atoms with Gasteiger partial charge in [-0.15, -0.1) is 0 Å². The van der Waals surface area contributed by atoms with Gasteiger partial charge in [-0.3, -0.25) is 4.90 Å². The van der Waals surface area contributed by atoms with Crippen LogP contribution in [0.3, 0.4) is 0 Å². The van der Waals surface area contributed by atoms with E-state index in [1.54, 1.807) is 6.92 Å². The summed E-state index contributed by atoms with van der Waals surface area (Å²) in [6.45, 7) is 4.46. The molecule has 1 aromatic heterocycles. The molecule has 1 fully saturated rings. The quantitative estimate of drug-likeness (QED) is 0.703. The van der Waals surface area contributed by atoms with Gasteiger partial charge < -0.3 is 4.74 Å². The van der Waals surface area contributed by atoms with Crippen molar-refractivity contribution in [2.24, 2.45) is 0 Å². The van der Waals surface area contributed by atoms with Crippen LogP contribution in [0.2, 0.25) is 0 Å². The molecule has 1 aliphatic heterocycles. The van der Waals surface area contributed by atoms with Crippen LogP contribution >= 0.6 is 0 Å². The van der Waals surface area contributed by atoms with Crippen LogP contribution in [0.1, 0.15) is 17.9 Å². The lowest BCUT2D eigenvalue weighted by Crippen LogP contribution is -2.37. The highest BCUT2D eigenvalue weighted by molar-refractivity contribution is 5.24. The standard InChI is InChI=1S/C10H14FN3O/c1-7-9(15-2)10(11)13-8(12-7)6-14-4-3-5-14/h3-6H2,1-2H3. The minimum atomic E-state index is -0.569. The summed E-state index contributed by atoms with van der Waals surface area (Å²) in [7, 11) is 1.42. The number of aryl methyl sites for hydroxylation is 1. The van der Waals surface area contributed by atoms with E-state index in [1.807, 2.05) is 0 Å². The number of hydrogen-bond donors (Lipinski definition) is 0. The summed E-state index contributed by atoms with van der Waals surface area (Å²) in [6.07, 6.45) is 1.21. The van der Waals surface area contributed by atoms with Gasteiger partial charge in [0.15, 0.2) is 5.75 Å². The molecule has 0 spiro atoms. The SMILES string of the molecule is COc1c(C)nc(CN2CCC2)nc1F. The number of methoxy groups -OCH3 is 1. The van der Waals surface area contributed by atoms with E-state index < -0.39 is 5.95 Å². The Hall–Kier alpha value is -1.23. The van der Waals surface area contributed by atoms with Gasteiger partial charge in [0.2, 0.25) is 0 Å². The maximum Gasteiger partial charge on any atom is 0.258 e. The zero-order valence-electron chi connectivity index (χ0n) is 8.96. The lowest BCUT2D eigenvalue weighted by atomic mass is 10.2. The first kappa shape index (κ1) is 10.3. The second-order valence-electron chi connectivity index (χ2n) is 3.68. The van der Waals surface area contributed by atoms with Crippen molar-refractivity contribution in [1.82, 2.24) is 14.9 Å². The van der Waals surface area contributed by atoms with Crippen LogP contribution in [0, 0.1) is 12.9 Å². The van der Waals surface area contributed by atoms with Gasteiger partial charge in [-0.05, 0) is 26.4 Å². The van der Waals surface area contributed by atoms with Gasteiger partial charge in [-0.1, -0.05) is 0 Å². The molecule has 4 nitrogen and oxygen atoms in total. The molecule has 1 aromatic rings. The summed E-state index contributed by atoms with van der Waals surface area (Å²) in [4.78, 5) is 10.2. The number of nitrogens with zero attached hydrogens (tertiary/aromatic N) is 3. The third-order valence-corrected chi connectivity index (χ3v) is 2.56. The van der Waals surface area contributed by atoms with Crippen molar-refractivity contribution in [1.29, 1.82) is 0 Å². The van der Waals surface area contributed by atoms with E-state index in [2.05, 4.69) is 14.9 Å². The summed E-state index contributed by atoms with van der Waals surface area (Å²) in [5.41, 5.74) is 0.556. The monoisotopic (exact) mass is 211 g/mol. The van der Waals surface area contributed by atoms with Crippen molar-refractivity contribution in [2.45, 2.75) is 19.9 Å². The third kappa shape index (κ3) is 2.07. The number of aromatic nitrogens is 2. The van der Waals surface area contributed by atoms with Crippen LogP contribution in [-0.2, 0) is 6.54 Å². The minimum absolute atomic E-state index is 0.141. The van der Waals surface area contributed by atoms with Gasteiger partial charge >= 0.3 is 0 Å². The van der Waals surface area contributed by atoms with Gasteiger partial charge in [0.05, 0.1) is 19.3 Å². The molecule has 15 heavy (non-hydrogen) atoms. The van der Waals surface area contributed by atoms with Gasteiger partial charge in [-0.25, -0.2) is 4.98 Å². The lowest BCUT2D eigenvalue weighted by Gasteiger charge is -2.29. The molecule has 0 saturated carbocycles. The van der Waals surface area contributed by atoms with Crippen molar-refractivity contribution < 1.29 is 9.13 Å². The Morgan fingerprint density at radius 2 is 2.13 bits per heavy atom. The first-order chi connectivity index (χ1) is 7.20. The van der Waals surface area contributed by atoms with Crippen molar-refractivity contribution >= 4 is 0 Å². The van der Waals surface area contributed by atoms with E-state index in [-0.39, 0.29) is 5.75 Å². The molecule has 2 heterocycles. The first-order valence-electron chi connectivity index (χ1n) is 5.00. The average Bonchev–Trinajstić information content (AvgIpc) is 2.11. The summed E-state index contributed by atoms with van der Waals surface area (Å²) >= 11 is 0. The zero-order chi connectivity index (χ0) is 10.8. The fraction of sp³-hybridized carbons (Fsp3) is 0.600. The summed E-state index contributed by atoms with van der Waals surface area (Å²) in [5.74, 6) is 0.105. The first-order valence-corrected chi connectivity index (χ1v) is 5.00. The average molecular weight is 211 g/mol. The van der Waals surface area contributed by atoms with Crippen LogP contribution in [0.4, 0.5) is 4.39 Å². The Labute approximate surface area is 88.1 Å². The zero-order valence-corrected chi connectivity index (χ0v) is 8.96. The van der Waals surface area contributed by atoms with E-state index in [0.29, 0.717) is 18.1 Å². The van der Waals surface area contributed by atoms with Crippen LogP contribution in [0.15, 0.2) is 0 Å². The molecule has 0 bridgehead atoms. The molecular formula is C10H14FN3O. The number of hydrogen-bond acceptors (Lipinski definition) is 4. The second kappa shape index (κ2) is 4.10. The largest absolute Gasteiger partial charge is 0.490 e. The predicted molar refractivity (Wildman–Crippen MR) is 53.2 cm³/mol. The number of likely N-dealkylation sites (tertiary alicyclic amines) is 1. The van der Waals surface area contributed by atoms with Gasteiger partial charge in [-0.2, -0.15) is 9.37 Å². The molecule has 0 unspecified atom stereocenters. The van der Waals surface area contributed by atoms with E-state index in [9.17, 15) is 4.39 Å². The second-order valence-corrected chi connectivity index (χ2v) is 3.68. The van der Waals surface area contributed by atoms with Crippen molar-refractivity contribution in [2.75, 3.05) is 20.2 Å². The topological polar surface area (TPSA) is 38.2 Å². The summed E-state index contributed by atoms with van der Waals surface area (Å²) < 4.78 is 18.3. The van der Waals surface area contributed by atoms with E-state index >= 15 is 0 Å². The normalized spacial score (nSPS) is 16.2. The van der Waals surface area contributed by atoms with Crippen molar-refractivity contribution in [3.8, 4) is 5.75 Å². The molecule has 0 radical (unpaired) electrons. The molecule has 82 valence electrons. The molecule has 2 rings (SSSR count). The number of rotatable bonds is 3. The molecule has 0 N–H and O–H groups in total. The highest BCUT2D eigenvalue weighted by Gasteiger charge is 2.17. The highest BCUT2D eigenvalue weighted by Crippen LogP contribution is 2.19. The Morgan fingerprint density at radius 1 is 1.40 bits per heavy atom. The fourth-order valence-corrected chi connectivity index (χ4v) is 1.63. The van der Waals surface area contributed by atoms with Crippen molar-refractivity contribution in [3.63, 3.8) is 0 Å². The van der Waals surface area contributed by atoms with Gasteiger partial charge in [0.1, 0.15) is 5.82 Å². The third-order valence-electron chi connectivity index (χ3n) is 2.56. The summed E-state index contributed by atoms with van der Waals surface area (Å²) in [6, 6.07) is 0. The van der Waals surface area contributed by atoms with Gasteiger partial charge in [0.25, 0.3) is 5.95 Å². The Morgan fingerprint density at radius 3 is 2.60 bits per heavy atom. The van der Waals surface area contributed by atoms with E-state index in [0.717, 1.165) is 13.1 Å². The van der Waals surface area contributed by atoms with E-state index in [4.69, 9.17) is 4.74 Å². The number of ether oxygens (including phenoxy) is 1. The molecule has 5 heteroatoms. The van der Waals surface area contributed by atoms with Crippen LogP contribution < -0.4 is 4.74 Å². The van der Waals surface area contributed by atoms with Crippen LogP contribution in [0.5, 0.6) is 5.75 Å². The molecular weight excluding hydrogens is 197 g/mol. The maximum atomic E-state index is 13.4. The number of halogens is 1. The molecule has 1 saturated heterocycles. The van der Waals surface area contributed by atoms with E-state index in [1.165, 1.54) is 13.5 Å². The van der Waals surface area contributed by atoms with Crippen LogP contribution in [0.25, 0.3) is 0 Å². The smallest absolute Gasteiger partial charge is 0.258 e. The molecule has 0 amide bonds. The van der Waals surface area contributed by atoms with Gasteiger partial charge in [0, 0.05) is 0 Å². The maximum absolute atomic E-state index is 13.4. The molecule has 1 aliphatic rings. The Bertz CT molecular complexity index is 343. The molecule has 0 aliphatic carbocycles. The van der Waals surface area contributed by atoms with Crippen molar-refractivity contribution in [3.05, 3.63) is 17.5 Å². The van der Waals surface area contributed by atoms with Crippen LogP contribution in [-0.4, -0.2) is 35.1 Å². The molecule has 0 aromatic carbocycles. The predicted octanol–water partition coefficient (Wildman–Crippen LogP) is 1.14. The summed E-state index contributed by atoms with van der Waals surface area (Å²) in [5, 5.41) is 0. The lowest BCUT2D eigenvalue weighted by molar-refractivity contribution is 0.167. The highest BCUT2D eigenvalue weighted by atomic mass is 19.1. The fourth-order valence-electron chi connectivity index (χ4n) is 1.63. The Balaban J connectivity index is 2.18. The molecule has 0 atom stereocenters. The minimum Gasteiger partial charge on any atom is -0.490 e. The Kier molecular flexibility index (Phi) is 2.81.